The summed E-state index contributed by atoms with van der Waals surface area (Å²) in [5.41, 5.74) is 5.57. The van der Waals surface area contributed by atoms with E-state index in [-0.39, 0.29) is 17.9 Å². The number of aromatic amines is 1. The molecule has 8 heteroatoms. The van der Waals surface area contributed by atoms with Gasteiger partial charge in [0.15, 0.2) is 0 Å². The van der Waals surface area contributed by atoms with Crippen LogP contribution in [-0.4, -0.2) is 46.5 Å². The first-order valence-electron chi connectivity index (χ1n) is 5.04. The number of likely N-dealkylation sites (N-methyl/N-ethyl adjacent to an activating group) is 1. The maximum atomic E-state index is 11.6. The number of nitrogens with zero attached hydrogens (tertiary/aromatic N) is 1. The van der Waals surface area contributed by atoms with Gasteiger partial charge in [0.2, 0.25) is 5.91 Å². The van der Waals surface area contributed by atoms with Crippen molar-refractivity contribution in [1.82, 2.24) is 9.88 Å². The molecule has 0 aliphatic carbocycles. The van der Waals surface area contributed by atoms with Crippen LogP contribution in [0, 0.1) is 6.92 Å². The van der Waals surface area contributed by atoms with Gasteiger partial charge in [-0.1, -0.05) is 0 Å². The first-order chi connectivity index (χ1) is 8.31. The second-order valence-electron chi connectivity index (χ2n) is 3.80. The molecule has 0 saturated heterocycles. The van der Waals surface area contributed by atoms with Gasteiger partial charge in [0, 0.05) is 12.7 Å². The predicted octanol–water partition coefficient (Wildman–Crippen LogP) is -0.0297. The van der Waals surface area contributed by atoms with Gasteiger partial charge in [-0.15, -0.1) is 0 Å². The minimum atomic E-state index is -1.18. The Bertz CT molecular complexity index is 494. The van der Waals surface area contributed by atoms with E-state index in [0.29, 0.717) is 5.69 Å². The van der Waals surface area contributed by atoms with Crippen LogP contribution >= 0.6 is 0 Å². The number of carbonyl (C=O) groups is 3. The Balaban J connectivity index is 2.81. The highest BCUT2D eigenvalue weighted by Crippen LogP contribution is 2.17. The summed E-state index contributed by atoms with van der Waals surface area (Å²) in [4.78, 5) is 36.8. The highest BCUT2D eigenvalue weighted by Gasteiger charge is 2.17. The molecular weight excluding hydrogens is 240 g/mol. The van der Waals surface area contributed by atoms with E-state index in [1.807, 2.05) is 0 Å². The van der Waals surface area contributed by atoms with Crippen LogP contribution in [0.3, 0.4) is 0 Å². The van der Waals surface area contributed by atoms with E-state index in [2.05, 4.69) is 10.3 Å². The number of carboxylic acids is 1. The van der Waals surface area contributed by atoms with Crippen molar-refractivity contribution in [3.8, 4) is 0 Å². The lowest BCUT2D eigenvalue weighted by molar-refractivity contribution is -0.118. The number of primary amides is 1. The molecule has 0 spiro atoms. The van der Waals surface area contributed by atoms with E-state index >= 15 is 0 Å². The van der Waals surface area contributed by atoms with Crippen LogP contribution in [0.25, 0.3) is 0 Å². The van der Waals surface area contributed by atoms with E-state index < -0.39 is 17.9 Å². The Morgan fingerprint density at radius 2 is 2.11 bits per heavy atom. The maximum Gasteiger partial charge on any atom is 0.354 e. The van der Waals surface area contributed by atoms with Crippen LogP contribution in [0.5, 0.6) is 0 Å². The molecule has 0 fully saturated rings. The molecule has 1 rings (SSSR count). The number of carboxylic acid groups (broad SMARTS) is 1. The van der Waals surface area contributed by atoms with Crippen LogP contribution in [-0.2, 0) is 4.79 Å². The quantitative estimate of drug-likeness (QED) is 0.601. The fourth-order valence-corrected chi connectivity index (χ4v) is 1.37. The van der Waals surface area contributed by atoms with Crippen molar-refractivity contribution in [2.75, 3.05) is 18.9 Å². The Morgan fingerprint density at radius 3 is 2.61 bits per heavy atom. The summed E-state index contributed by atoms with van der Waals surface area (Å²) in [5, 5.41) is 11.3. The fourth-order valence-electron chi connectivity index (χ4n) is 1.37. The van der Waals surface area contributed by atoms with Crippen molar-refractivity contribution in [2.45, 2.75) is 6.92 Å². The zero-order valence-corrected chi connectivity index (χ0v) is 9.98. The monoisotopic (exact) mass is 254 g/mol. The van der Waals surface area contributed by atoms with Gasteiger partial charge in [-0.05, 0) is 13.0 Å². The number of nitrogens with two attached hydrogens (primary N) is 1. The van der Waals surface area contributed by atoms with Crippen LogP contribution in [0.15, 0.2) is 6.07 Å². The number of urea groups is 1. The highest BCUT2D eigenvalue weighted by atomic mass is 16.4. The molecule has 0 unspecified atom stereocenters. The standard InChI is InChI=1S/C10H14N4O4/c1-5-3-6(8(12-5)9(16)17)13-10(18)14(2)4-7(11)15/h3,12H,4H2,1-2H3,(H2,11,15)(H,13,18)(H,16,17). The van der Waals surface area contributed by atoms with Crippen molar-refractivity contribution < 1.29 is 19.5 Å². The minimum absolute atomic E-state index is 0.117. The van der Waals surface area contributed by atoms with Crippen LogP contribution in [0.2, 0.25) is 0 Å². The highest BCUT2D eigenvalue weighted by molar-refractivity contribution is 5.99. The molecule has 8 nitrogen and oxygen atoms in total. The number of hydrogen-bond acceptors (Lipinski definition) is 3. The largest absolute Gasteiger partial charge is 0.477 e. The lowest BCUT2D eigenvalue weighted by Crippen LogP contribution is -2.38. The molecule has 3 amide bonds. The Kier molecular flexibility index (Phi) is 3.93. The number of hydrogen-bond donors (Lipinski definition) is 4. The molecule has 1 aromatic rings. The number of amides is 3. The van der Waals surface area contributed by atoms with Gasteiger partial charge in [-0.2, -0.15) is 0 Å². The molecule has 0 aromatic carbocycles. The van der Waals surface area contributed by atoms with Gasteiger partial charge in [0.25, 0.3) is 0 Å². The molecule has 1 aromatic heterocycles. The normalized spacial score (nSPS) is 9.89. The van der Waals surface area contributed by atoms with Crippen LogP contribution in [0.4, 0.5) is 10.5 Å². The van der Waals surface area contributed by atoms with E-state index in [9.17, 15) is 14.4 Å². The van der Waals surface area contributed by atoms with E-state index in [4.69, 9.17) is 10.8 Å². The lowest BCUT2D eigenvalue weighted by atomic mass is 10.3. The number of nitrogens with one attached hydrogen (secondary N) is 2. The van der Waals surface area contributed by atoms with Gasteiger partial charge < -0.3 is 26.0 Å². The number of aryl methyl sites for hydroxylation is 1. The zero-order chi connectivity index (χ0) is 13.9. The first kappa shape index (κ1) is 13.6. The fraction of sp³-hybridized carbons (Fsp3) is 0.300. The summed E-state index contributed by atoms with van der Waals surface area (Å²) in [7, 11) is 1.38. The maximum absolute atomic E-state index is 11.6. The molecule has 0 radical (unpaired) electrons. The average molecular weight is 254 g/mol. The third-order valence-corrected chi connectivity index (χ3v) is 2.15. The SMILES string of the molecule is Cc1cc(NC(=O)N(C)CC(N)=O)c(C(=O)O)[nH]1. The van der Waals surface area contributed by atoms with Crippen molar-refractivity contribution >= 4 is 23.6 Å². The number of carbonyl (C=O) groups excluding carboxylic acids is 2. The topological polar surface area (TPSA) is 129 Å². The Morgan fingerprint density at radius 1 is 1.50 bits per heavy atom. The predicted molar refractivity (Wildman–Crippen MR) is 63.3 cm³/mol. The third-order valence-electron chi connectivity index (χ3n) is 2.15. The number of aromatic carboxylic acids is 1. The number of rotatable bonds is 4. The van der Waals surface area contributed by atoms with Gasteiger partial charge in [-0.25, -0.2) is 9.59 Å². The number of aromatic nitrogens is 1. The summed E-state index contributed by atoms with van der Waals surface area (Å²) in [6.45, 7) is 1.41. The smallest absolute Gasteiger partial charge is 0.354 e. The van der Waals surface area contributed by atoms with Crippen LogP contribution < -0.4 is 11.1 Å². The molecule has 0 atom stereocenters. The molecule has 5 N–H and O–H groups in total. The summed E-state index contributed by atoms with van der Waals surface area (Å²) in [6, 6.07) is 0.870. The molecule has 0 aliphatic rings. The molecule has 0 bridgehead atoms. The average Bonchev–Trinajstić information content (AvgIpc) is 2.58. The molecular formula is C10H14N4O4. The second kappa shape index (κ2) is 5.21. The second-order valence-corrected chi connectivity index (χ2v) is 3.80. The molecule has 0 aliphatic heterocycles. The van der Waals surface area contributed by atoms with Gasteiger partial charge in [0.1, 0.15) is 12.2 Å². The Hall–Kier alpha value is -2.51. The molecule has 0 saturated carbocycles. The van der Waals surface area contributed by atoms with E-state index in [0.717, 1.165) is 4.90 Å². The van der Waals surface area contributed by atoms with Crippen molar-refractivity contribution in [3.05, 3.63) is 17.5 Å². The van der Waals surface area contributed by atoms with Gasteiger partial charge in [0.05, 0.1) is 5.69 Å². The third kappa shape index (κ3) is 3.24. The zero-order valence-electron chi connectivity index (χ0n) is 9.98. The van der Waals surface area contributed by atoms with Crippen molar-refractivity contribution in [3.63, 3.8) is 0 Å². The summed E-state index contributed by atoms with van der Waals surface area (Å²) in [6.07, 6.45) is 0. The summed E-state index contributed by atoms with van der Waals surface area (Å²) < 4.78 is 0. The van der Waals surface area contributed by atoms with Crippen LogP contribution in [0.1, 0.15) is 16.2 Å². The number of anilines is 1. The molecule has 98 valence electrons. The lowest BCUT2D eigenvalue weighted by Gasteiger charge is -2.15. The number of H-pyrrole nitrogens is 1. The first-order valence-corrected chi connectivity index (χ1v) is 5.04. The minimum Gasteiger partial charge on any atom is -0.477 e. The summed E-state index contributed by atoms with van der Waals surface area (Å²) in [5.74, 6) is -1.84. The summed E-state index contributed by atoms with van der Waals surface area (Å²) >= 11 is 0. The van der Waals surface area contributed by atoms with E-state index in [1.54, 1.807) is 6.92 Å². The molecule has 1 heterocycles. The molecule has 18 heavy (non-hydrogen) atoms. The van der Waals surface area contributed by atoms with Crippen molar-refractivity contribution in [2.24, 2.45) is 5.73 Å². The Labute approximate surface area is 103 Å². The van der Waals surface area contributed by atoms with Gasteiger partial charge in [-0.3, -0.25) is 4.79 Å². The van der Waals surface area contributed by atoms with Gasteiger partial charge >= 0.3 is 12.0 Å². The van der Waals surface area contributed by atoms with E-state index in [1.165, 1.54) is 13.1 Å². The van der Waals surface area contributed by atoms with Crippen molar-refractivity contribution in [1.29, 1.82) is 0 Å².